The van der Waals surface area contributed by atoms with Gasteiger partial charge in [0.05, 0.1) is 5.75 Å². The highest BCUT2D eigenvalue weighted by Gasteiger charge is 2.30. The first kappa shape index (κ1) is 19.8. The van der Waals surface area contributed by atoms with Crippen LogP contribution in [0, 0.1) is 5.92 Å². The summed E-state index contributed by atoms with van der Waals surface area (Å²) in [7, 11) is 0. The molecule has 25 heavy (non-hydrogen) atoms. The first-order valence-corrected chi connectivity index (χ1v) is 9.99. The number of primary amides is 1. The van der Waals surface area contributed by atoms with Crippen molar-refractivity contribution < 1.29 is 9.59 Å². The van der Waals surface area contributed by atoms with Gasteiger partial charge in [-0.25, -0.2) is 0 Å². The molecule has 0 radical (unpaired) electrons. The van der Waals surface area contributed by atoms with Crippen molar-refractivity contribution in [2.24, 2.45) is 11.7 Å². The van der Waals surface area contributed by atoms with Crippen LogP contribution in [-0.2, 0) is 16.1 Å². The molecule has 3 N–H and O–H groups in total. The predicted molar refractivity (Wildman–Crippen MR) is 98.2 cm³/mol. The Morgan fingerprint density at radius 1 is 1.28 bits per heavy atom. The van der Waals surface area contributed by atoms with Gasteiger partial charge in [-0.1, -0.05) is 25.6 Å². The fourth-order valence-corrected chi connectivity index (χ4v) is 3.37. The molecule has 1 aromatic rings. The third-order valence-electron chi connectivity index (χ3n) is 4.19. The molecule has 2 rings (SSSR count). The van der Waals surface area contributed by atoms with E-state index < -0.39 is 0 Å². The van der Waals surface area contributed by atoms with Crippen molar-refractivity contribution in [3.05, 3.63) is 5.82 Å². The van der Waals surface area contributed by atoms with Crippen molar-refractivity contribution in [1.29, 1.82) is 0 Å². The van der Waals surface area contributed by atoms with Crippen LogP contribution in [0.3, 0.4) is 0 Å². The van der Waals surface area contributed by atoms with Crippen molar-refractivity contribution in [3.8, 4) is 0 Å². The average Bonchev–Trinajstić information content (AvgIpc) is 3.29. The number of nitrogens with one attached hydrogen (secondary N) is 1. The number of hydrogen-bond acceptors (Lipinski definition) is 5. The summed E-state index contributed by atoms with van der Waals surface area (Å²) in [4.78, 5) is 23.2. The minimum Gasteiger partial charge on any atom is -0.370 e. The number of carbonyl (C=O) groups is 2. The zero-order chi connectivity index (χ0) is 18.4. The third-order valence-corrected chi connectivity index (χ3v) is 5.15. The van der Waals surface area contributed by atoms with Crippen LogP contribution in [0.1, 0.15) is 64.6 Å². The number of carbonyl (C=O) groups excluding carboxylic acids is 2. The maximum Gasteiger partial charge on any atom is 0.230 e. The first-order valence-electron chi connectivity index (χ1n) is 9.00. The summed E-state index contributed by atoms with van der Waals surface area (Å²) in [5.41, 5.74) is 5.26. The molecule has 7 nitrogen and oxygen atoms in total. The molecule has 0 spiro atoms. The van der Waals surface area contributed by atoms with E-state index in [9.17, 15) is 9.59 Å². The highest BCUT2D eigenvalue weighted by molar-refractivity contribution is 7.99. The number of nitrogens with two attached hydrogens (primary N) is 1. The second-order valence-corrected chi connectivity index (χ2v) is 8.15. The molecule has 1 atom stereocenters. The minimum atomic E-state index is -0.344. The Hall–Kier alpha value is -1.57. The normalized spacial score (nSPS) is 15.4. The van der Waals surface area contributed by atoms with Crippen molar-refractivity contribution in [3.63, 3.8) is 0 Å². The van der Waals surface area contributed by atoms with Crippen molar-refractivity contribution >= 4 is 23.6 Å². The second kappa shape index (κ2) is 9.22. The standard InChI is InChI=1S/C17H29N5O2S/c1-11(2)4-5-12(3)19-15(24)10-25-17-21-20-16(13-6-7-13)22(17)9-8-14(18)23/h11-13H,4-10H2,1-3H3,(H2,18,23)(H,19,24). The van der Waals surface area contributed by atoms with E-state index in [1.807, 2.05) is 11.5 Å². The van der Waals surface area contributed by atoms with Crippen molar-refractivity contribution in [2.75, 3.05) is 5.75 Å². The molecular weight excluding hydrogens is 338 g/mol. The molecule has 0 aliphatic heterocycles. The summed E-state index contributed by atoms with van der Waals surface area (Å²) in [6.07, 6.45) is 4.54. The van der Waals surface area contributed by atoms with E-state index >= 15 is 0 Å². The maximum absolute atomic E-state index is 12.1. The molecule has 1 aliphatic rings. The first-order chi connectivity index (χ1) is 11.9. The SMILES string of the molecule is CC(C)CCC(C)NC(=O)CSc1nnc(C2CC2)n1CCC(N)=O. The number of hydrogen-bond donors (Lipinski definition) is 2. The zero-order valence-corrected chi connectivity index (χ0v) is 16.1. The van der Waals surface area contributed by atoms with Gasteiger partial charge < -0.3 is 15.6 Å². The van der Waals surface area contributed by atoms with E-state index in [2.05, 4.69) is 29.4 Å². The van der Waals surface area contributed by atoms with Crippen LogP contribution in [0.25, 0.3) is 0 Å². The van der Waals surface area contributed by atoms with Gasteiger partial charge in [-0.2, -0.15) is 0 Å². The zero-order valence-electron chi connectivity index (χ0n) is 15.3. The number of nitrogens with zero attached hydrogens (tertiary/aromatic N) is 3. The molecule has 8 heteroatoms. The lowest BCUT2D eigenvalue weighted by Crippen LogP contribution is -2.34. The smallest absolute Gasteiger partial charge is 0.230 e. The molecule has 1 saturated carbocycles. The minimum absolute atomic E-state index is 0.00122. The summed E-state index contributed by atoms with van der Waals surface area (Å²) < 4.78 is 1.95. The van der Waals surface area contributed by atoms with Gasteiger partial charge in [-0.05, 0) is 38.5 Å². The lowest BCUT2D eigenvalue weighted by Gasteiger charge is -2.15. The highest BCUT2D eigenvalue weighted by Crippen LogP contribution is 2.40. The number of aromatic nitrogens is 3. The molecule has 1 heterocycles. The van der Waals surface area contributed by atoms with E-state index in [0.717, 1.165) is 31.5 Å². The Morgan fingerprint density at radius 2 is 2.00 bits per heavy atom. The Bertz CT molecular complexity index is 598. The molecule has 1 aromatic heterocycles. The summed E-state index contributed by atoms with van der Waals surface area (Å²) in [6, 6.07) is 0.172. The maximum atomic E-state index is 12.1. The summed E-state index contributed by atoms with van der Waals surface area (Å²) in [6.45, 7) is 6.87. The molecule has 0 aromatic carbocycles. The van der Waals surface area contributed by atoms with Gasteiger partial charge in [0.25, 0.3) is 0 Å². The van der Waals surface area contributed by atoms with Gasteiger partial charge in [-0.15, -0.1) is 10.2 Å². The molecule has 1 unspecified atom stereocenters. The van der Waals surface area contributed by atoms with Gasteiger partial charge >= 0.3 is 0 Å². The van der Waals surface area contributed by atoms with Gasteiger partial charge in [-0.3, -0.25) is 9.59 Å². The van der Waals surface area contributed by atoms with E-state index in [-0.39, 0.29) is 24.3 Å². The summed E-state index contributed by atoms with van der Waals surface area (Å²) in [5, 5.41) is 12.2. The Kier molecular flexibility index (Phi) is 7.28. The molecule has 2 amide bonds. The number of thioether (sulfide) groups is 1. The second-order valence-electron chi connectivity index (χ2n) is 7.21. The van der Waals surface area contributed by atoms with Gasteiger partial charge in [0.15, 0.2) is 5.16 Å². The molecule has 0 saturated heterocycles. The van der Waals surface area contributed by atoms with Crippen molar-refractivity contribution in [2.45, 2.75) is 76.5 Å². The lowest BCUT2D eigenvalue weighted by molar-refractivity contribution is -0.119. The van der Waals surface area contributed by atoms with Gasteiger partial charge in [0, 0.05) is 24.9 Å². The van der Waals surface area contributed by atoms with Gasteiger partial charge in [0.2, 0.25) is 11.8 Å². The molecular formula is C17H29N5O2S. The van der Waals surface area contributed by atoms with E-state index in [0.29, 0.717) is 29.3 Å². The fraction of sp³-hybridized carbons (Fsp3) is 0.765. The molecule has 140 valence electrons. The van der Waals surface area contributed by atoms with Crippen LogP contribution >= 0.6 is 11.8 Å². The van der Waals surface area contributed by atoms with Crippen LogP contribution in [0.5, 0.6) is 0 Å². The predicted octanol–water partition coefficient (Wildman–Crippen LogP) is 2.06. The molecule has 1 aliphatic carbocycles. The molecule has 1 fully saturated rings. The van der Waals surface area contributed by atoms with Crippen molar-refractivity contribution in [1.82, 2.24) is 20.1 Å². The Balaban J connectivity index is 1.86. The summed E-state index contributed by atoms with van der Waals surface area (Å²) in [5.74, 6) is 1.93. The lowest BCUT2D eigenvalue weighted by atomic mass is 10.0. The van der Waals surface area contributed by atoms with E-state index in [4.69, 9.17) is 5.73 Å². The van der Waals surface area contributed by atoms with E-state index in [1.54, 1.807) is 0 Å². The summed E-state index contributed by atoms with van der Waals surface area (Å²) >= 11 is 1.36. The van der Waals surface area contributed by atoms with Crippen LogP contribution in [0.2, 0.25) is 0 Å². The Labute approximate surface area is 153 Å². The quantitative estimate of drug-likeness (QED) is 0.583. The fourth-order valence-electron chi connectivity index (χ4n) is 2.58. The van der Waals surface area contributed by atoms with Gasteiger partial charge in [0.1, 0.15) is 5.82 Å². The number of amides is 2. The van der Waals surface area contributed by atoms with Crippen LogP contribution < -0.4 is 11.1 Å². The molecule has 0 bridgehead atoms. The third kappa shape index (κ3) is 6.68. The van der Waals surface area contributed by atoms with E-state index in [1.165, 1.54) is 11.8 Å². The Morgan fingerprint density at radius 3 is 2.60 bits per heavy atom. The average molecular weight is 368 g/mol. The largest absolute Gasteiger partial charge is 0.370 e. The highest BCUT2D eigenvalue weighted by atomic mass is 32.2. The van der Waals surface area contributed by atoms with Crippen LogP contribution in [0.4, 0.5) is 0 Å². The van der Waals surface area contributed by atoms with Crippen LogP contribution in [0.15, 0.2) is 5.16 Å². The topological polar surface area (TPSA) is 103 Å². The number of rotatable bonds is 11. The monoisotopic (exact) mass is 367 g/mol. The van der Waals surface area contributed by atoms with Crippen LogP contribution in [-0.4, -0.2) is 38.4 Å².